The van der Waals surface area contributed by atoms with Crippen molar-refractivity contribution in [3.63, 3.8) is 0 Å². The van der Waals surface area contributed by atoms with Gasteiger partial charge in [-0.25, -0.2) is 15.0 Å². The second-order valence-electron chi connectivity index (χ2n) is 9.45. The molecule has 166 valence electrons. The molecule has 0 N–H and O–H groups in total. The van der Waals surface area contributed by atoms with E-state index < -0.39 is 0 Å². The van der Waals surface area contributed by atoms with Gasteiger partial charge < -0.3 is 0 Å². The van der Waals surface area contributed by atoms with Gasteiger partial charge in [0.05, 0.1) is 0 Å². The van der Waals surface area contributed by atoms with Crippen LogP contribution in [0, 0.1) is 0 Å². The first-order chi connectivity index (χ1) is 16.5. The molecule has 0 bridgehead atoms. The molecule has 0 amide bonds. The summed E-state index contributed by atoms with van der Waals surface area (Å²) in [5, 5.41) is 0. The molecule has 0 unspecified atom stereocenters. The number of rotatable bonds is 4. The Kier molecular flexibility index (Phi) is 5.77. The first-order valence-electron chi connectivity index (χ1n) is 11.6. The van der Waals surface area contributed by atoms with Crippen LogP contribution in [0.3, 0.4) is 0 Å². The maximum atomic E-state index is 4.95. The van der Waals surface area contributed by atoms with Crippen LogP contribution >= 0.6 is 0 Å². The van der Waals surface area contributed by atoms with Gasteiger partial charge in [-0.3, -0.25) is 0 Å². The molecule has 5 aromatic rings. The van der Waals surface area contributed by atoms with Crippen molar-refractivity contribution in [1.29, 1.82) is 0 Å². The predicted molar refractivity (Wildman–Crippen MR) is 140 cm³/mol. The fourth-order valence-corrected chi connectivity index (χ4v) is 3.91. The Bertz CT molecular complexity index is 1350. The molecule has 0 radical (unpaired) electrons. The van der Waals surface area contributed by atoms with Crippen LogP contribution in [-0.4, -0.2) is 15.0 Å². The quantitative estimate of drug-likeness (QED) is 0.285. The first-order valence-corrected chi connectivity index (χ1v) is 11.6. The standard InChI is InChI=1S/C31H27N3/c1-31(2,3)30-33-28(24-17-11-6-12-18-24)32-29(34-30)27-20-25(22-13-7-4-8-14-22)19-26(21-27)23-15-9-5-10-16-23/h4-21H,1-3H3. The van der Waals surface area contributed by atoms with Crippen molar-refractivity contribution in [3.05, 3.63) is 115 Å². The smallest absolute Gasteiger partial charge is 0.163 e. The third-order valence-corrected chi connectivity index (χ3v) is 5.74. The van der Waals surface area contributed by atoms with Crippen molar-refractivity contribution in [2.75, 3.05) is 0 Å². The van der Waals surface area contributed by atoms with Gasteiger partial charge >= 0.3 is 0 Å². The van der Waals surface area contributed by atoms with Crippen LogP contribution < -0.4 is 0 Å². The van der Waals surface area contributed by atoms with Gasteiger partial charge in [0.15, 0.2) is 11.6 Å². The van der Waals surface area contributed by atoms with Gasteiger partial charge in [-0.2, -0.15) is 0 Å². The van der Waals surface area contributed by atoms with Gasteiger partial charge in [-0.1, -0.05) is 112 Å². The molecule has 0 saturated heterocycles. The van der Waals surface area contributed by atoms with E-state index in [0.29, 0.717) is 11.6 Å². The largest absolute Gasteiger partial charge is 0.212 e. The minimum absolute atomic E-state index is 0.208. The minimum atomic E-state index is -0.208. The van der Waals surface area contributed by atoms with Crippen molar-refractivity contribution in [3.8, 4) is 45.0 Å². The molecular formula is C31H27N3. The van der Waals surface area contributed by atoms with E-state index in [0.717, 1.165) is 39.2 Å². The van der Waals surface area contributed by atoms with Crippen LogP contribution in [0.1, 0.15) is 26.6 Å². The van der Waals surface area contributed by atoms with Gasteiger partial charge in [-0.05, 0) is 40.5 Å². The third-order valence-electron chi connectivity index (χ3n) is 5.74. The van der Waals surface area contributed by atoms with E-state index in [2.05, 4.69) is 87.5 Å². The molecular weight excluding hydrogens is 414 g/mol. The van der Waals surface area contributed by atoms with Gasteiger partial charge in [0, 0.05) is 16.5 Å². The molecule has 0 atom stereocenters. The lowest BCUT2D eigenvalue weighted by Gasteiger charge is -2.18. The Labute approximate surface area is 201 Å². The summed E-state index contributed by atoms with van der Waals surface area (Å²) < 4.78 is 0. The van der Waals surface area contributed by atoms with E-state index in [4.69, 9.17) is 15.0 Å². The highest BCUT2D eigenvalue weighted by molar-refractivity contribution is 5.79. The second kappa shape index (κ2) is 9.03. The summed E-state index contributed by atoms with van der Waals surface area (Å²) in [6.07, 6.45) is 0. The maximum absolute atomic E-state index is 4.95. The van der Waals surface area contributed by atoms with E-state index in [9.17, 15) is 0 Å². The maximum Gasteiger partial charge on any atom is 0.163 e. The third kappa shape index (κ3) is 4.65. The van der Waals surface area contributed by atoms with E-state index in [1.165, 1.54) is 0 Å². The molecule has 34 heavy (non-hydrogen) atoms. The zero-order valence-corrected chi connectivity index (χ0v) is 19.7. The summed E-state index contributed by atoms with van der Waals surface area (Å²) in [6, 6.07) is 37.6. The zero-order chi connectivity index (χ0) is 23.5. The monoisotopic (exact) mass is 441 g/mol. The van der Waals surface area contributed by atoms with Crippen LogP contribution in [0.4, 0.5) is 0 Å². The average Bonchev–Trinajstić information content (AvgIpc) is 2.89. The topological polar surface area (TPSA) is 38.7 Å². The predicted octanol–water partition coefficient (Wildman–Crippen LogP) is 7.84. The molecule has 0 aliphatic carbocycles. The Morgan fingerprint density at radius 2 is 0.794 bits per heavy atom. The Morgan fingerprint density at radius 3 is 1.24 bits per heavy atom. The lowest BCUT2D eigenvalue weighted by Crippen LogP contribution is -2.18. The highest BCUT2D eigenvalue weighted by Gasteiger charge is 2.21. The second-order valence-corrected chi connectivity index (χ2v) is 9.45. The van der Waals surface area contributed by atoms with Crippen molar-refractivity contribution in [1.82, 2.24) is 15.0 Å². The molecule has 3 nitrogen and oxygen atoms in total. The fraction of sp³-hybridized carbons (Fsp3) is 0.129. The number of hydrogen-bond acceptors (Lipinski definition) is 3. The fourth-order valence-electron chi connectivity index (χ4n) is 3.91. The molecule has 3 heteroatoms. The normalized spacial score (nSPS) is 11.4. The van der Waals surface area contributed by atoms with Crippen molar-refractivity contribution in [2.45, 2.75) is 26.2 Å². The summed E-state index contributed by atoms with van der Waals surface area (Å²) >= 11 is 0. The van der Waals surface area contributed by atoms with E-state index in [1.807, 2.05) is 42.5 Å². The Balaban J connectivity index is 1.74. The van der Waals surface area contributed by atoms with Crippen LogP contribution in [0.15, 0.2) is 109 Å². The molecule has 0 saturated carbocycles. The summed E-state index contributed by atoms with van der Waals surface area (Å²) in [5.74, 6) is 2.17. The first kappa shape index (κ1) is 21.7. The average molecular weight is 442 g/mol. The van der Waals surface area contributed by atoms with Gasteiger partial charge in [-0.15, -0.1) is 0 Å². The van der Waals surface area contributed by atoms with Crippen LogP contribution in [0.2, 0.25) is 0 Å². The number of benzene rings is 4. The van der Waals surface area contributed by atoms with Crippen LogP contribution in [0.25, 0.3) is 45.0 Å². The van der Waals surface area contributed by atoms with E-state index >= 15 is 0 Å². The van der Waals surface area contributed by atoms with E-state index in [1.54, 1.807) is 0 Å². The highest BCUT2D eigenvalue weighted by atomic mass is 15.0. The lowest BCUT2D eigenvalue weighted by atomic mass is 9.94. The van der Waals surface area contributed by atoms with Crippen LogP contribution in [-0.2, 0) is 5.41 Å². The van der Waals surface area contributed by atoms with Crippen molar-refractivity contribution < 1.29 is 0 Å². The van der Waals surface area contributed by atoms with Crippen molar-refractivity contribution in [2.24, 2.45) is 0 Å². The summed E-state index contributed by atoms with van der Waals surface area (Å²) in [4.78, 5) is 14.7. The molecule has 0 spiro atoms. The summed E-state index contributed by atoms with van der Waals surface area (Å²) in [7, 11) is 0. The number of hydrogen-bond donors (Lipinski definition) is 0. The molecule has 5 rings (SSSR count). The molecule has 0 aliphatic rings. The summed E-state index contributed by atoms with van der Waals surface area (Å²) in [5.41, 5.74) is 6.35. The number of aromatic nitrogens is 3. The van der Waals surface area contributed by atoms with E-state index in [-0.39, 0.29) is 5.41 Å². The highest BCUT2D eigenvalue weighted by Crippen LogP contribution is 2.33. The Hall–Kier alpha value is -4.11. The zero-order valence-electron chi connectivity index (χ0n) is 19.7. The van der Waals surface area contributed by atoms with Gasteiger partial charge in [0.1, 0.15) is 5.82 Å². The molecule has 1 heterocycles. The SMILES string of the molecule is CC(C)(C)c1nc(-c2ccccc2)nc(-c2cc(-c3ccccc3)cc(-c3ccccc3)c2)n1. The molecule has 0 fully saturated rings. The number of nitrogens with zero attached hydrogens (tertiary/aromatic N) is 3. The van der Waals surface area contributed by atoms with Gasteiger partial charge in [0.25, 0.3) is 0 Å². The Morgan fingerprint density at radius 1 is 0.412 bits per heavy atom. The van der Waals surface area contributed by atoms with Crippen molar-refractivity contribution >= 4 is 0 Å². The molecule has 4 aromatic carbocycles. The summed E-state index contributed by atoms with van der Waals surface area (Å²) in [6.45, 7) is 6.41. The minimum Gasteiger partial charge on any atom is -0.212 e. The lowest BCUT2D eigenvalue weighted by molar-refractivity contribution is 0.543. The van der Waals surface area contributed by atoms with Crippen LogP contribution in [0.5, 0.6) is 0 Å². The molecule has 1 aromatic heterocycles. The van der Waals surface area contributed by atoms with Gasteiger partial charge in [0.2, 0.25) is 0 Å². The molecule has 0 aliphatic heterocycles.